The van der Waals surface area contributed by atoms with E-state index in [1.807, 2.05) is 0 Å². The van der Waals surface area contributed by atoms with E-state index in [2.05, 4.69) is 18.2 Å². The molecule has 0 saturated carbocycles. The van der Waals surface area contributed by atoms with Crippen molar-refractivity contribution in [2.75, 3.05) is 13.2 Å². The van der Waals surface area contributed by atoms with Crippen molar-refractivity contribution >= 4 is 11.9 Å². The van der Waals surface area contributed by atoms with Crippen molar-refractivity contribution in [2.45, 2.75) is 39.5 Å². The molecule has 4 heteroatoms. The fourth-order valence-corrected chi connectivity index (χ4v) is 1.00. The summed E-state index contributed by atoms with van der Waals surface area (Å²) < 4.78 is 9.50. The second-order valence-electron chi connectivity index (χ2n) is 3.64. The van der Waals surface area contributed by atoms with E-state index in [-0.39, 0.29) is 12.2 Å². The van der Waals surface area contributed by atoms with Gasteiger partial charge in [0.2, 0.25) is 0 Å². The number of esters is 2. The van der Waals surface area contributed by atoms with Gasteiger partial charge < -0.3 is 9.47 Å². The van der Waals surface area contributed by atoms with E-state index < -0.39 is 11.9 Å². The van der Waals surface area contributed by atoms with Crippen molar-refractivity contribution in [3.8, 4) is 0 Å². The molecular formula is C12H20O4. The van der Waals surface area contributed by atoms with Gasteiger partial charge in [-0.05, 0) is 13.3 Å². The van der Waals surface area contributed by atoms with Crippen molar-refractivity contribution < 1.29 is 19.1 Å². The van der Waals surface area contributed by atoms with E-state index in [1.165, 1.54) is 6.92 Å². The van der Waals surface area contributed by atoms with Crippen molar-refractivity contribution in [3.63, 3.8) is 0 Å². The Hall–Kier alpha value is -1.32. The van der Waals surface area contributed by atoms with Crippen LogP contribution in [0.5, 0.6) is 0 Å². The van der Waals surface area contributed by atoms with Crippen molar-refractivity contribution in [1.82, 2.24) is 0 Å². The maximum atomic E-state index is 11.1. The van der Waals surface area contributed by atoms with Gasteiger partial charge in [-0.15, -0.1) is 0 Å². The number of carbonyl (C=O) groups excluding carboxylic acids is 2. The summed E-state index contributed by atoms with van der Waals surface area (Å²) in [4.78, 5) is 22.0. The molecule has 0 radical (unpaired) electrons. The predicted molar refractivity (Wildman–Crippen MR) is 60.9 cm³/mol. The Morgan fingerprint density at radius 2 is 1.81 bits per heavy atom. The summed E-state index contributed by atoms with van der Waals surface area (Å²) in [7, 11) is 0. The van der Waals surface area contributed by atoms with Gasteiger partial charge in [-0.25, -0.2) is 9.59 Å². The molecule has 16 heavy (non-hydrogen) atoms. The fraction of sp³-hybridized carbons (Fsp3) is 0.667. The first kappa shape index (κ1) is 14.7. The van der Waals surface area contributed by atoms with Crippen LogP contribution in [0.2, 0.25) is 0 Å². The highest BCUT2D eigenvalue weighted by atomic mass is 16.6. The fourth-order valence-electron chi connectivity index (χ4n) is 1.00. The topological polar surface area (TPSA) is 52.6 Å². The first-order valence-electron chi connectivity index (χ1n) is 5.56. The van der Waals surface area contributed by atoms with E-state index in [9.17, 15) is 9.59 Å². The SMILES string of the molecule is C=C(C)C(=O)OCC(=O)OCCCCCC. The quantitative estimate of drug-likeness (QED) is 0.363. The summed E-state index contributed by atoms with van der Waals surface area (Å²) in [6.07, 6.45) is 4.19. The molecule has 0 saturated heterocycles. The summed E-state index contributed by atoms with van der Waals surface area (Å²) in [5.41, 5.74) is 0.274. The predicted octanol–water partition coefficient (Wildman–Crippen LogP) is 2.23. The normalized spacial score (nSPS) is 9.62. The molecule has 4 nitrogen and oxygen atoms in total. The minimum Gasteiger partial charge on any atom is -0.463 e. The molecule has 0 unspecified atom stereocenters. The van der Waals surface area contributed by atoms with Crippen LogP contribution >= 0.6 is 0 Å². The highest BCUT2D eigenvalue weighted by molar-refractivity contribution is 5.88. The molecule has 0 aromatic heterocycles. The van der Waals surface area contributed by atoms with Gasteiger partial charge in [0.25, 0.3) is 0 Å². The van der Waals surface area contributed by atoms with Crippen LogP contribution in [0.25, 0.3) is 0 Å². The maximum absolute atomic E-state index is 11.1. The summed E-state index contributed by atoms with van der Waals surface area (Å²) >= 11 is 0. The second kappa shape index (κ2) is 8.95. The van der Waals surface area contributed by atoms with Crippen molar-refractivity contribution in [3.05, 3.63) is 12.2 Å². The summed E-state index contributed by atoms with van der Waals surface area (Å²) in [6, 6.07) is 0. The molecule has 0 aromatic rings. The zero-order valence-corrected chi connectivity index (χ0v) is 10.1. The van der Waals surface area contributed by atoms with Gasteiger partial charge in [-0.1, -0.05) is 32.8 Å². The van der Waals surface area contributed by atoms with E-state index in [4.69, 9.17) is 4.74 Å². The monoisotopic (exact) mass is 228 g/mol. The first-order chi connectivity index (χ1) is 7.57. The third-order valence-electron chi connectivity index (χ3n) is 1.93. The van der Waals surface area contributed by atoms with Gasteiger partial charge in [0.15, 0.2) is 6.61 Å². The molecule has 0 N–H and O–H groups in total. The smallest absolute Gasteiger partial charge is 0.344 e. The Morgan fingerprint density at radius 3 is 2.38 bits per heavy atom. The molecule has 0 aliphatic heterocycles. The molecule has 92 valence electrons. The molecule has 0 atom stereocenters. The molecule has 0 amide bonds. The average Bonchev–Trinajstić information content (AvgIpc) is 2.25. The number of hydrogen-bond donors (Lipinski definition) is 0. The van der Waals surface area contributed by atoms with E-state index >= 15 is 0 Å². The summed E-state index contributed by atoms with van der Waals surface area (Å²) in [6.45, 7) is 7.10. The van der Waals surface area contributed by atoms with Crippen LogP contribution in [0.3, 0.4) is 0 Å². The van der Waals surface area contributed by atoms with Crippen LogP contribution in [-0.4, -0.2) is 25.2 Å². The Bertz CT molecular complexity index is 245. The molecule has 0 aliphatic carbocycles. The van der Waals surface area contributed by atoms with Crippen molar-refractivity contribution in [1.29, 1.82) is 0 Å². The lowest BCUT2D eigenvalue weighted by Gasteiger charge is -2.05. The maximum Gasteiger partial charge on any atom is 0.344 e. The number of rotatable bonds is 8. The molecular weight excluding hydrogens is 208 g/mol. The third-order valence-corrected chi connectivity index (χ3v) is 1.93. The number of hydrogen-bond acceptors (Lipinski definition) is 4. The van der Waals surface area contributed by atoms with Gasteiger partial charge >= 0.3 is 11.9 Å². The van der Waals surface area contributed by atoms with Gasteiger partial charge in [0, 0.05) is 5.57 Å². The average molecular weight is 228 g/mol. The number of carbonyl (C=O) groups is 2. The van der Waals surface area contributed by atoms with E-state index in [0.29, 0.717) is 6.61 Å². The largest absolute Gasteiger partial charge is 0.463 e. The highest BCUT2D eigenvalue weighted by Gasteiger charge is 2.08. The van der Waals surface area contributed by atoms with Gasteiger partial charge in [-0.3, -0.25) is 0 Å². The van der Waals surface area contributed by atoms with Crippen LogP contribution in [-0.2, 0) is 19.1 Å². The highest BCUT2D eigenvalue weighted by Crippen LogP contribution is 1.99. The molecule has 0 bridgehead atoms. The van der Waals surface area contributed by atoms with Gasteiger partial charge in [-0.2, -0.15) is 0 Å². The summed E-state index contributed by atoms with van der Waals surface area (Å²) in [5, 5.41) is 0. The Balaban J connectivity index is 3.45. The minimum absolute atomic E-state index is 0.274. The number of unbranched alkanes of at least 4 members (excludes halogenated alkanes) is 3. The zero-order valence-electron chi connectivity index (χ0n) is 10.1. The molecule has 0 rings (SSSR count). The Labute approximate surface area is 96.6 Å². The molecule has 0 heterocycles. The summed E-state index contributed by atoms with van der Waals surface area (Å²) in [5.74, 6) is -1.07. The Morgan fingerprint density at radius 1 is 1.12 bits per heavy atom. The van der Waals surface area contributed by atoms with Crippen molar-refractivity contribution in [2.24, 2.45) is 0 Å². The van der Waals surface area contributed by atoms with Crippen LogP contribution < -0.4 is 0 Å². The first-order valence-corrected chi connectivity index (χ1v) is 5.56. The lowest BCUT2D eigenvalue weighted by atomic mass is 10.2. The lowest BCUT2D eigenvalue weighted by Crippen LogP contribution is -2.17. The number of ether oxygens (including phenoxy) is 2. The Kier molecular flexibility index (Phi) is 8.21. The minimum atomic E-state index is -0.567. The van der Waals surface area contributed by atoms with E-state index in [0.717, 1.165) is 25.7 Å². The van der Waals surface area contributed by atoms with E-state index in [1.54, 1.807) is 0 Å². The standard InChI is InChI=1S/C12H20O4/c1-4-5-6-7-8-15-11(13)9-16-12(14)10(2)3/h2,4-9H2,1,3H3. The lowest BCUT2D eigenvalue weighted by molar-refractivity contribution is -0.156. The van der Waals surface area contributed by atoms with Crippen LogP contribution in [0.15, 0.2) is 12.2 Å². The second-order valence-corrected chi connectivity index (χ2v) is 3.64. The van der Waals surface area contributed by atoms with Crippen LogP contribution in [0.4, 0.5) is 0 Å². The third kappa shape index (κ3) is 8.03. The zero-order chi connectivity index (χ0) is 12.4. The molecule has 0 aliphatic rings. The van der Waals surface area contributed by atoms with Gasteiger partial charge in [0.1, 0.15) is 0 Å². The van der Waals surface area contributed by atoms with Gasteiger partial charge in [0.05, 0.1) is 6.61 Å². The van der Waals surface area contributed by atoms with Crippen LogP contribution in [0.1, 0.15) is 39.5 Å². The molecule has 0 aromatic carbocycles. The molecule has 0 fully saturated rings. The van der Waals surface area contributed by atoms with Crippen LogP contribution in [0, 0.1) is 0 Å². The molecule has 0 spiro atoms.